The normalized spacial score (nSPS) is 10.2. The van der Waals surface area contributed by atoms with Gasteiger partial charge in [0, 0.05) is 0 Å². The third-order valence-corrected chi connectivity index (χ3v) is 1.20. The van der Waals surface area contributed by atoms with E-state index in [2.05, 4.69) is 6.50 Å². The van der Waals surface area contributed by atoms with Gasteiger partial charge >= 0.3 is 622 Å². The monoisotopic (exact) mass is 1980 g/mol. The van der Waals surface area contributed by atoms with E-state index in [1.54, 1.807) is 0 Å². The number of hydrogen-bond donors (Lipinski definition) is 0. The average Bonchev–Trinajstić information content (AvgIpc) is 3.17. The summed E-state index contributed by atoms with van der Waals surface area (Å²) in [5.41, 5.74) is 0. The molecule has 0 saturated carbocycles. The SMILES string of the molecule is [Ca+2].[Ca+2].[Ca+2].[Ca+2].[Ca+2].[Ca+2].[Ca+2].[Ca+2].[Ca+2].[O-][Te+]([O-])[O-].[O-][Te+]([O-])[O-].[O-][Te+]([O-])[O-].[O-][Te+]([O-])[O-].[O-][Te+]([O-])[O-].[O-][Te+]([O-])[O-].[O-][Te+]([O-])[O-].[O-][Te+]([O-])[O-].[O-][Te]1([O-])OO1. The van der Waals surface area contributed by atoms with Crippen molar-refractivity contribution in [2.45, 2.75) is 0 Å². The maximum absolute atomic E-state index is 9.41. The van der Waals surface area contributed by atoms with E-state index in [1.165, 1.54) is 0 Å². The zero-order chi connectivity index (χ0) is 32.5. The molecule has 0 aromatic rings. The standard InChI is InChI=1S/9Ca.H2O4Te.8H2O3Te/c;;;;;;;;;1-5(2)3-4-5;8*1-4(2)3/h;;;;;;;;;1-2H;8*(H2,1,2,3)/q9*+2;;;;;;;;;/p-18. The van der Waals surface area contributed by atoms with Crippen molar-refractivity contribution in [3.05, 3.63) is 0 Å². The van der Waals surface area contributed by atoms with E-state index in [-0.39, 0.29) is 340 Å². The molecule has 1 aliphatic rings. The van der Waals surface area contributed by atoms with Crippen LogP contribution >= 0.6 is 0 Å². The topological polar surface area (TPSA) is 625 Å². The molecule has 28 nitrogen and oxygen atoms in total. The molecule has 46 heteroatoms. The predicted molar refractivity (Wildman–Crippen MR) is 106 cm³/mol. The van der Waals surface area contributed by atoms with Gasteiger partial charge in [0.1, 0.15) is 0 Å². The van der Waals surface area contributed by atoms with Gasteiger partial charge in [0.2, 0.25) is 0 Å². The Bertz CT molecular complexity index is 262. The van der Waals surface area contributed by atoms with Crippen LogP contribution in [0.3, 0.4) is 0 Å². The van der Waals surface area contributed by atoms with Gasteiger partial charge in [-0.25, -0.2) is 0 Å². The van der Waals surface area contributed by atoms with Crippen molar-refractivity contribution in [3.8, 4) is 0 Å². The van der Waals surface area contributed by atoms with Crippen molar-refractivity contribution in [2.75, 3.05) is 0 Å². The molecule has 0 amide bonds. The zero-order valence-electron chi connectivity index (χ0n) is 21.5. The quantitative estimate of drug-likeness (QED) is 0.123. The second-order valence-electron chi connectivity index (χ2n) is 2.18. The van der Waals surface area contributed by atoms with Gasteiger partial charge in [-0.05, 0) is 0 Å². The van der Waals surface area contributed by atoms with Gasteiger partial charge in [-0.3, -0.25) is 0 Å². The Morgan fingerprint density at radius 2 is 0.239 bits per heavy atom. The van der Waals surface area contributed by atoms with Crippen LogP contribution in [0.5, 0.6) is 0 Å². The Hall–Kier alpha value is 17.3. The Kier molecular flexibility index (Phi) is 240. The first-order valence-corrected chi connectivity index (χ1v) is 31.5. The van der Waals surface area contributed by atoms with Crippen LogP contribution in [0.15, 0.2) is 0 Å². The van der Waals surface area contributed by atoms with Crippen LogP contribution in [0.4, 0.5) is 0 Å². The molecule has 0 aliphatic carbocycles. The first-order chi connectivity index (χ1) is 16.1. The molecule has 0 unspecified atom stereocenters. The van der Waals surface area contributed by atoms with Crippen molar-refractivity contribution >= 4 is 526 Å². The fraction of sp³-hybridized carbons (Fsp3) is 0. The summed E-state index contributed by atoms with van der Waals surface area (Å²) >= 11 is -37.1. The van der Waals surface area contributed by atoms with Crippen molar-refractivity contribution in [1.82, 2.24) is 0 Å². The zero-order valence-corrected chi connectivity index (χ0v) is 62.3. The molecule has 0 radical (unpaired) electrons. The van der Waals surface area contributed by atoms with E-state index in [4.69, 9.17) is 83.3 Å². The Balaban J connectivity index is -0.0000000134. The summed E-state index contributed by atoms with van der Waals surface area (Å²) in [6.07, 6.45) is 0. The molecule has 0 atom stereocenters. The molecular formula is Ca9O28Te9. The fourth-order valence-electron chi connectivity index (χ4n) is 0.0227. The third kappa shape index (κ3) is 448. The van der Waals surface area contributed by atoms with Gasteiger partial charge < -0.3 is 0 Å². The van der Waals surface area contributed by atoms with E-state index in [0.717, 1.165) is 0 Å². The summed E-state index contributed by atoms with van der Waals surface area (Å²) in [5.74, 6) is 0. The van der Waals surface area contributed by atoms with Crippen LogP contribution < -0.4 is 90.2 Å². The number of rotatable bonds is 0. The van der Waals surface area contributed by atoms with Crippen molar-refractivity contribution < 1.29 is 96.7 Å². The van der Waals surface area contributed by atoms with E-state index < -0.39 is 186 Å². The van der Waals surface area contributed by atoms with Gasteiger partial charge in [-0.2, -0.15) is 0 Å². The molecule has 0 aromatic heterocycles. The van der Waals surface area contributed by atoms with Gasteiger partial charge in [0.25, 0.3) is 0 Å². The summed E-state index contributed by atoms with van der Waals surface area (Å²) in [7, 11) is 0. The summed E-state index contributed by atoms with van der Waals surface area (Å²) in [6.45, 7) is 0. The summed E-state index contributed by atoms with van der Waals surface area (Å²) < 4.78 is 232. The summed E-state index contributed by atoms with van der Waals surface area (Å²) in [6, 6.07) is 0. The van der Waals surface area contributed by atoms with Crippen molar-refractivity contribution in [2.24, 2.45) is 0 Å². The molecule has 0 N–H and O–H groups in total. The van der Waals surface area contributed by atoms with E-state index in [1.807, 2.05) is 0 Å². The average molecular weight is 1960 g/mol. The molecule has 46 heavy (non-hydrogen) atoms. The molecular weight excluding hydrogens is 1960 g/mol. The summed E-state index contributed by atoms with van der Waals surface area (Å²) in [5, 5.41) is 0. The molecule has 240 valence electrons. The maximum atomic E-state index is 9.41. The predicted octanol–water partition coefficient (Wildman–Crippen LogP) is -37.9. The van der Waals surface area contributed by atoms with Crippen LogP contribution in [0.25, 0.3) is 0 Å². The van der Waals surface area contributed by atoms with Gasteiger partial charge in [-0.15, -0.1) is 0 Å². The van der Waals surface area contributed by atoms with Gasteiger partial charge in [0.15, 0.2) is 0 Å². The molecule has 1 aliphatic heterocycles. The minimum absolute atomic E-state index is 0. The Morgan fingerprint density at radius 1 is 0.217 bits per heavy atom. The molecule has 0 aromatic carbocycles. The van der Waals surface area contributed by atoms with E-state index >= 15 is 0 Å². The molecule has 1 heterocycles. The second-order valence-corrected chi connectivity index (χ2v) is 14.6. The van der Waals surface area contributed by atoms with Crippen LogP contribution in [0.1, 0.15) is 0 Å². The molecule has 1 rings (SSSR count). The van der Waals surface area contributed by atoms with Gasteiger partial charge in [0.05, 0.1) is 0 Å². The summed E-state index contributed by atoms with van der Waals surface area (Å²) in [4.78, 5) is 0. The molecule has 0 bridgehead atoms. The van der Waals surface area contributed by atoms with Crippen LogP contribution in [-0.4, -0.2) is 526 Å². The van der Waals surface area contributed by atoms with E-state index in [0.29, 0.717) is 0 Å². The molecule has 1 fully saturated rings. The minimum atomic E-state index is -4.27. The third-order valence-electron chi connectivity index (χ3n) is 0.179. The molecule has 1 saturated heterocycles. The van der Waals surface area contributed by atoms with Crippen LogP contribution in [-0.2, 0) is 6.50 Å². The number of hydrogen-bond acceptors (Lipinski definition) is 28. The van der Waals surface area contributed by atoms with Crippen molar-refractivity contribution in [3.63, 3.8) is 0 Å². The van der Waals surface area contributed by atoms with Crippen molar-refractivity contribution in [1.29, 1.82) is 0 Å². The first kappa shape index (κ1) is 115. The Morgan fingerprint density at radius 3 is 0.239 bits per heavy atom. The second kappa shape index (κ2) is 96.3. The fourth-order valence-corrected chi connectivity index (χ4v) is 1.02. The molecule has 0 spiro atoms. The Labute approximate surface area is 602 Å². The van der Waals surface area contributed by atoms with Crippen LogP contribution in [0.2, 0.25) is 0 Å². The van der Waals surface area contributed by atoms with E-state index in [9.17, 15) is 6.94 Å². The first-order valence-electron chi connectivity index (χ1n) is 4.83. The van der Waals surface area contributed by atoms with Gasteiger partial charge in [-0.1, -0.05) is 0 Å². The van der Waals surface area contributed by atoms with Crippen LogP contribution in [0, 0.1) is 0 Å².